The number of ether oxygens (including phenoxy) is 1. The van der Waals surface area contributed by atoms with Crippen LogP contribution in [0.25, 0.3) is 0 Å². The third kappa shape index (κ3) is 3.42. The molecule has 1 fully saturated rings. The number of hydrogen-bond acceptors (Lipinski definition) is 2. The molecule has 1 heterocycles. The minimum absolute atomic E-state index is 0.226. The standard InChI is InChI=1S/C15H19BrO2/c1-11-5-2-8-13(15(11)16)14(17)9-3-6-12-7-4-10-18-12/h2,5,8,12H,3-4,6-7,9-10H2,1H3. The average molecular weight is 311 g/mol. The normalized spacial score (nSPS) is 19.1. The molecular formula is C15H19BrO2. The van der Waals surface area contributed by atoms with Crippen LogP contribution >= 0.6 is 15.9 Å². The van der Waals surface area contributed by atoms with Crippen LogP contribution in [-0.4, -0.2) is 18.5 Å². The molecule has 0 N–H and O–H groups in total. The predicted molar refractivity (Wildman–Crippen MR) is 76.0 cm³/mol. The van der Waals surface area contributed by atoms with E-state index in [0.29, 0.717) is 12.5 Å². The van der Waals surface area contributed by atoms with Gasteiger partial charge in [0, 0.05) is 23.1 Å². The lowest BCUT2D eigenvalue weighted by Crippen LogP contribution is -2.07. The van der Waals surface area contributed by atoms with Gasteiger partial charge in [0.1, 0.15) is 0 Å². The molecule has 1 aliphatic rings. The fraction of sp³-hybridized carbons (Fsp3) is 0.533. The summed E-state index contributed by atoms with van der Waals surface area (Å²) in [6.07, 6.45) is 5.25. The first-order valence-corrected chi connectivity index (χ1v) is 7.37. The van der Waals surface area contributed by atoms with Gasteiger partial charge in [-0.2, -0.15) is 0 Å². The Bertz CT molecular complexity index is 423. The summed E-state index contributed by atoms with van der Waals surface area (Å²) >= 11 is 3.49. The summed E-state index contributed by atoms with van der Waals surface area (Å²) in [7, 11) is 0. The van der Waals surface area contributed by atoms with Crippen LogP contribution in [0.3, 0.4) is 0 Å². The molecule has 0 amide bonds. The molecule has 0 saturated carbocycles. The number of hydrogen-bond donors (Lipinski definition) is 0. The largest absolute Gasteiger partial charge is 0.378 e. The first-order valence-electron chi connectivity index (χ1n) is 6.58. The molecule has 0 bridgehead atoms. The number of halogens is 1. The van der Waals surface area contributed by atoms with E-state index in [1.807, 2.05) is 25.1 Å². The third-order valence-corrected chi connectivity index (χ3v) is 4.50. The van der Waals surface area contributed by atoms with Crippen LogP contribution in [0.5, 0.6) is 0 Å². The van der Waals surface area contributed by atoms with E-state index in [4.69, 9.17) is 4.74 Å². The fourth-order valence-electron chi connectivity index (χ4n) is 2.36. The van der Waals surface area contributed by atoms with E-state index in [2.05, 4.69) is 15.9 Å². The average Bonchev–Trinajstić information content (AvgIpc) is 2.85. The van der Waals surface area contributed by atoms with Gasteiger partial charge in [0.05, 0.1) is 6.10 Å². The highest BCUT2D eigenvalue weighted by Gasteiger charge is 2.16. The van der Waals surface area contributed by atoms with E-state index >= 15 is 0 Å². The topological polar surface area (TPSA) is 26.3 Å². The van der Waals surface area contributed by atoms with Crippen LogP contribution in [0.4, 0.5) is 0 Å². The predicted octanol–water partition coefficient (Wildman–Crippen LogP) is 4.29. The van der Waals surface area contributed by atoms with E-state index < -0.39 is 0 Å². The molecule has 0 aromatic heterocycles. The van der Waals surface area contributed by atoms with Crippen LogP contribution < -0.4 is 0 Å². The maximum atomic E-state index is 12.1. The Labute approximate surface area is 117 Å². The summed E-state index contributed by atoms with van der Waals surface area (Å²) in [5.74, 6) is 0.226. The van der Waals surface area contributed by atoms with Crippen LogP contribution in [0.15, 0.2) is 22.7 Å². The monoisotopic (exact) mass is 310 g/mol. The Hall–Kier alpha value is -0.670. The summed E-state index contributed by atoms with van der Waals surface area (Å²) in [6.45, 7) is 2.90. The van der Waals surface area contributed by atoms with Gasteiger partial charge in [-0.1, -0.05) is 18.2 Å². The second kappa shape index (κ2) is 6.48. The Balaban J connectivity index is 1.85. The lowest BCUT2D eigenvalue weighted by molar-refractivity contribution is 0.0922. The van der Waals surface area contributed by atoms with Gasteiger partial charge in [-0.25, -0.2) is 0 Å². The Morgan fingerprint density at radius 2 is 2.33 bits per heavy atom. The molecule has 1 aromatic carbocycles. The van der Waals surface area contributed by atoms with E-state index in [1.54, 1.807) is 0 Å². The highest BCUT2D eigenvalue weighted by atomic mass is 79.9. The van der Waals surface area contributed by atoms with Crippen molar-refractivity contribution in [3.8, 4) is 0 Å². The van der Waals surface area contributed by atoms with Crippen LogP contribution in [0, 0.1) is 6.92 Å². The number of ketones is 1. The SMILES string of the molecule is Cc1cccc(C(=O)CCCC2CCCO2)c1Br. The Morgan fingerprint density at radius 1 is 1.50 bits per heavy atom. The Kier molecular flexibility index (Phi) is 4.95. The number of Topliss-reactive ketones (excluding diaryl/α,β-unsaturated/α-hetero) is 1. The maximum Gasteiger partial charge on any atom is 0.164 e. The molecule has 0 radical (unpaired) electrons. The molecule has 1 saturated heterocycles. The van der Waals surface area contributed by atoms with Crippen molar-refractivity contribution in [2.75, 3.05) is 6.61 Å². The van der Waals surface area contributed by atoms with Crippen molar-refractivity contribution in [1.82, 2.24) is 0 Å². The maximum absolute atomic E-state index is 12.1. The molecular weight excluding hydrogens is 292 g/mol. The number of rotatable bonds is 5. The smallest absolute Gasteiger partial charge is 0.164 e. The van der Waals surface area contributed by atoms with Gasteiger partial charge in [-0.15, -0.1) is 0 Å². The zero-order chi connectivity index (χ0) is 13.0. The van der Waals surface area contributed by atoms with Gasteiger partial charge in [0.25, 0.3) is 0 Å². The zero-order valence-electron chi connectivity index (χ0n) is 10.7. The van der Waals surface area contributed by atoms with Gasteiger partial charge in [0.2, 0.25) is 0 Å². The van der Waals surface area contributed by atoms with Crippen molar-refractivity contribution in [2.24, 2.45) is 0 Å². The van der Waals surface area contributed by atoms with Crippen LogP contribution in [0.1, 0.15) is 48.0 Å². The highest BCUT2D eigenvalue weighted by Crippen LogP contribution is 2.24. The van der Waals surface area contributed by atoms with Crippen LogP contribution in [-0.2, 0) is 4.74 Å². The second-order valence-electron chi connectivity index (χ2n) is 4.89. The van der Waals surface area contributed by atoms with Gasteiger partial charge in [-0.3, -0.25) is 4.79 Å². The summed E-state index contributed by atoms with van der Waals surface area (Å²) in [5, 5.41) is 0. The molecule has 0 spiro atoms. The minimum atomic E-state index is 0.226. The van der Waals surface area contributed by atoms with E-state index in [-0.39, 0.29) is 5.78 Å². The molecule has 2 nitrogen and oxygen atoms in total. The molecule has 1 unspecified atom stereocenters. The van der Waals surface area contributed by atoms with Crippen molar-refractivity contribution < 1.29 is 9.53 Å². The lowest BCUT2D eigenvalue weighted by atomic mass is 10.0. The molecule has 1 aromatic rings. The molecule has 98 valence electrons. The van der Waals surface area contributed by atoms with E-state index in [9.17, 15) is 4.79 Å². The van der Waals surface area contributed by atoms with Crippen molar-refractivity contribution in [1.29, 1.82) is 0 Å². The summed E-state index contributed by atoms with van der Waals surface area (Å²) in [4.78, 5) is 12.1. The molecule has 1 aliphatic heterocycles. The molecule has 2 rings (SSSR count). The second-order valence-corrected chi connectivity index (χ2v) is 5.68. The molecule has 18 heavy (non-hydrogen) atoms. The quantitative estimate of drug-likeness (QED) is 0.758. The number of aryl methyl sites for hydroxylation is 1. The first-order chi connectivity index (χ1) is 8.68. The van der Waals surface area contributed by atoms with Crippen molar-refractivity contribution >= 4 is 21.7 Å². The van der Waals surface area contributed by atoms with Gasteiger partial charge in [0.15, 0.2) is 5.78 Å². The first kappa shape index (κ1) is 13.8. The highest BCUT2D eigenvalue weighted by molar-refractivity contribution is 9.10. The fourth-order valence-corrected chi connectivity index (χ4v) is 2.85. The van der Waals surface area contributed by atoms with Crippen molar-refractivity contribution in [2.45, 2.75) is 45.1 Å². The molecule has 1 atom stereocenters. The summed E-state index contributed by atoms with van der Waals surface area (Å²) in [5.41, 5.74) is 1.92. The zero-order valence-corrected chi connectivity index (χ0v) is 12.3. The summed E-state index contributed by atoms with van der Waals surface area (Å²) < 4.78 is 6.50. The van der Waals surface area contributed by atoms with Gasteiger partial charge >= 0.3 is 0 Å². The van der Waals surface area contributed by atoms with Crippen LogP contribution in [0.2, 0.25) is 0 Å². The summed E-state index contributed by atoms with van der Waals surface area (Å²) in [6, 6.07) is 5.84. The molecule has 0 aliphatic carbocycles. The minimum Gasteiger partial charge on any atom is -0.378 e. The number of carbonyl (C=O) groups excluding carboxylic acids is 1. The third-order valence-electron chi connectivity index (χ3n) is 3.45. The van der Waals surface area contributed by atoms with E-state index in [0.717, 1.165) is 41.5 Å². The van der Waals surface area contributed by atoms with E-state index in [1.165, 1.54) is 6.42 Å². The van der Waals surface area contributed by atoms with Crippen molar-refractivity contribution in [3.63, 3.8) is 0 Å². The Morgan fingerprint density at radius 3 is 3.06 bits per heavy atom. The van der Waals surface area contributed by atoms with Gasteiger partial charge < -0.3 is 4.74 Å². The lowest BCUT2D eigenvalue weighted by Gasteiger charge is -2.09. The molecule has 3 heteroatoms. The van der Waals surface area contributed by atoms with Crippen molar-refractivity contribution in [3.05, 3.63) is 33.8 Å². The number of carbonyl (C=O) groups is 1. The van der Waals surface area contributed by atoms with Gasteiger partial charge in [-0.05, 0) is 54.1 Å². The number of benzene rings is 1.